The SMILES string of the molecule is CCNC(c1c(Br)nnn1C)C(OCC)C1CCCCC1. The van der Waals surface area contributed by atoms with Gasteiger partial charge in [0.2, 0.25) is 0 Å². The Morgan fingerprint density at radius 2 is 2.05 bits per heavy atom. The van der Waals surface area contributed by atoms with Gasteiger partial charge < -0.3 is 10.1 Å². The number of aryl methyl sites for hydroxylation is 1. The van der Waals surface area contributed by atoms with E-state index in [0.29, 0.717) is 5.92 Å². The van der Waals surface area contributed by atoms with E-state index in [2.05, 4.69) is 45.4 Å². The molecule has 5 nitrogen and oxygen atoms in total. The van der Waals surface area contributed by atoms with Gasteiger partial charge in [0.15, 0.2) is 4.60 Å². The van der Waals surface area contributed by atoms with E-state index in [1.807, 2.05) is 11.7 Å². The van der Waals surface area contributed by atoms with Crippen molar-refractivity contribution >= 4 is 15.9 Å². The first-order valence-corrected chi connectivity index (χ1v) is 8.88. The second-order valence-corrected chi connectivity index (χ2v) is 6.49. The van der Waals surface area contributed by atoms with Crippen molar-refractivity contribution in [3.05, 3.63) is 10.3 Å². The fourth-order valence-electron chi connectivity index (χ4n) is 3.42. The monoisotopic (exact) mass is 358 g/mol. The Bertz CT molecular complexity index is 412. The summed E-state index contributed by atoms with van der Waals surface area (Å²) in [6.07, 6.45) is 6.70. The molecule has 120 valence electrons. The highest BCUT2D eigenvalue weighted by Gasteiger charge is 2.34. The molecule has 1 aliphatic carbocycles. The minimum Gasteiger partial charge on any atom is -0.376 e. The predicted octanol–water partition coefficient (Wildman–Crippen LogP) is 3.21. The summed E-state index contributed by atoms with van der Waals surface area (Å²) in [5, 5.41) is 11.9. The molecule has 1 aromatic rings. The third-order valence-corrected chi connectivity index (χ3v) is 4.91. The molecular formula is C15H27BrN4O. The van der Waals surface area contributed by atoms with Gasteiger partial charge in [-0.3, -0.25) is 0 Å². The van der Waals surface area contributed by atoms with Gasteiger partial charge in [-0.15, -0.1) is 5.10 Å². The Morgan fingerprint density at radius 3 is 2.57 bits per heavy atom. The fourth-order valence-corrected chi connectivity index (χ4v) is 3.99. The molecule has 0 amide bonds. The van der Waals surface area contributed by atoms with Gasteiger partial charge in [0, 0.05) is 13.7 Å². The van der Waals surface area contributed by atoms with E-state index in [9.17, 15) is 0 Å². The third kappa shape index (κ3) is 4.05. The van der Waals surface area contributed by atoms with Crippen LogP contribution in [0.4, 0.5) is 0 Å². The summed E-state index contributed by atoms with van der Waals surface area (Å²) in [5.74, 6) is 0.615. The topological polar surface area (TPSA) is 52.0 Å². The molecule has 1 fully saturated rings. The van der Waals surface area contributed by atoms with E-state index in [4.69, 9.17) is 4.74 Å². The van der Waals surface area contributed by atoms with Crippen LogP contribution < -0.4 is 5.32 Å². The molecule has 0 spiro atoms. The van der Waals surface area contributed by atoms with E-state index < -0.39 is 0 Å². The van der Waals surface area contributed by atoms with Crippen molar-refractivity contribution < 1.29 is 4.74 Å². The lowest BCUT2D eigenvalue weighted by atomic mass is 9.81. The van der Waals surface area contributed by atoms with Gasteiger partial charge in [0.25, 0.3) is 0 Å². The lowest BCUT2D eigenvalue weighted by molar-refractivity contribution is -0.0198. The number of likely N-dealkylation sites (N-methyl/N-ethyl adjacent to an activating group) is 1. The number of ether oxygens (including phenoxy) is 1. The van der Waals surface area contributed by atoms with Crippen molar-refractivity contribution in [1.29, 1.82) is 0 Å². The average Bonchev–Trinajstić information content (AvgIpc) is 2.83. The summed E-state index contributed by atoms with van der Waals surface area (Å²) in [4.78, 5) is 0. The molecular weight excluding hydrogens is 332 g/mol. The van der Waals surface area contributed by atoms with Crippen LogP contribution in [0.2, 0.25) is 0 Å². The second-order valence-electron chi connectivity index (χ2n) is 5.74. The molecule has 0 radical (unpaired) electrons. The highest BCUT2D eigenvalue weighted by atomic mass is 79.9. The van der Waals surface area contributed by atoms with Crippen LogP contribution in [0.25, 0.3) is 0 Å². The molecule has 1 saturated carbocycles. The molecule has 0 aliphatic heterocycles. The van der Waals surface area contributed by atoms with Crippen molar-refractivity contribution in [3.8, 4) is 0 Å². The number of halogens is 1. The van der Waals surface area contributed by atoms with E-state index in [0.717, 1.165) is 23.4 Å². The zero-order valence-corrected chi connectivity index (χ0v) is 14.9. The van der Waals surface area contributed by atoms with Crippen molar-refractivity contribution in [3.63, 3.8) is 0 Å². The maximum absolute atomic E-state index is 6.18. The van der Waals surface area contributed by atoms with E-state index >= 15 is 0 Å². The Balaban J connectivity index is 2.27. The first-order chi connectivity index (χ1) is 10.2. The van der Waals surface area contributed by atoms with Gasteiger partial charge in [-0.05, 0) is 48.2 Å². The van der Waals surface area contributed by atoms with Gasteiger partial charge >= 0.3 is 0 Å². The van der Waals surface area contributed by atoms with Crippen molar-refractivity contribution in [2.75, 3.05) is 13.2 Å². The van der Waals surface area contributed by atoms with E-state index in [1.165, 1.54) is 32.1 Å². The minimum absolute atomic E-state index is 0.132. The summed E-state index contributed by atoms with van der Waals surface area (Å²) < 4.78 is 8.85. The number of nitrogens with one attached hydrogen (secondary N) is 1. The number of nitrogens with zero attached hydrogens (tertiary/aromatic N) is 3. The molecule has 1 heterocycles. The standard InChI is InChI=1S/C15H27BrN4O/c1-4-17-12(13-15(16)18-19-20(13)3)14(21-5-2)11-9-7-6-8-10-11/h11-12,14,17H,4-10H2,1-3H3. The zero-order chi connectivity index (χ0) is 15.2. The molecule has 1 aliphatic rings. The Hall–Kier alpha value is -0.460. The Kier molecular flexibility index (Phi) is 6.64. The first kappa shape index (κ1) is 16.9. The zero-order valence-electron chi connectivity index (χ0n) is 13.3. The molecule has 0 aromatic carbocycles. The third-order valence-electron chi connectivity index (χ3n) is 4.35. The van der Waals surface area contributed by atoms with Gasteiger partial charge in [-0.2, -0.15) is 0 Å². The van der Waals surface area contributed by atoms with Crippen LogP contribution in [0.1, 0.15) is 57.7 Å². The molecule has 0 saturated heterocycles. The number of hydrogen-bond acceptors (Lipinski definition) is 4. The molecule has 1 aromatic heterocycles. The normalized spacial score (nSPS) is 19.6. The first-order valence-electron chi connectivity index (χ1n) is 8.09. The van der Waals surface area contributed by atoms with Crippen molar-refractivity contribution in [2.45, 2.75) is 58.1 Å². The van der Waals surface area contributed by atoms with Gasteiger partial charge in [-0.1, -0.05) is 31.4 Å². The molecule has 2 atom stereocenters. The molecule has 6 heteroatoms. The average molecular weight is 359 g/mol. The predicted molar refractivity (Wildman–Crippen MR) is 87.1 cm³/mol. The summed E-state index contributed by atoms with van der Waals surface area (Å²) in [5.41, 5.74) is 1.08. The Labute approximate surface area is 135 Å². The van der Waals surface area contributed by atoms with Crippen LogP contribution in [0.15, 0.2) is 4.60 Å². The fraction of sp³-hybridized carbons (Fsp3) is 0.867. The highest BCUT2D eigenvalue weighted by Crippen LogP contribution is 2.35. The summed E-state index contributed by atoms with van der Waals surface area (Å²) >= 11 is 3.54. The summed E-state index contributed by atoms with van der Waals surface area (Å²) in [6.45, 7) is 5.86. The minimum atomic E-state index is 0.132. The lowest BCUT2D eigenvalue weighted by Gasteiger charge is -2.36. The second kappa shape index (κ2) is 8.25. The quantitative estimate of drug-likeness (QED) is 0.812. The highest BCUT2D eigenvalue weighted by molar-refractivity contribution is 9.10. The van der Waals surface area contributed by atoms with E-state index in [-0.39, 0.29) is 12.1 Å². The summed E-state index contributed by atoms with van der Waals surface area (Å²) in [7, 11) is 1.95. The van der Waals surface area contributed by atoms with Crippen LogP contribution in [-0.4, -0.2) is 34.2 Å². The molecule has 1 N–H and O–H groups in total. The van der Waals surface area contributed by atoms with Crippen LogP contribution in [-0.2, 0) is 11.8 Å². The molecule has 2 rings (SSSR count). The van der Waals surface area contributed by atoms with Crippen molar-refractivity contribution in [2.24, 2.45) is 13.0 Å². The molecule has 21 heavy (non-hydrogen) atoms. The maximum atomic E-state index is 6.18. The van der Waals surface area contributed by atoms with Gasteiger partial charge in [0.1, 0.15) is 0 Å². The van der Waals surface area contributed by atoms with Crippen LogP contribution in [0.5, 0.6) is 0 Å². The number of hydrogen-bond donors (Lipinski definition) is 1. The number of aromatic nitrogens is 3. The smallest absolute Gasteiger partial charge is 0.153 e. The largest absolute Gasteiger partial charge is 0.376 e. The Morgan fingerprint density at radius 1 is 1.33 bits per heavy atom. The molecule has 2 unspecified atom stereocenters. The van der Waals surface area contributed by atoms with Crippen LogP contribution in [0.3, 0.4) is 0 Å². The van der Waals surface area contributed by atoms with Gasteiger partial charge in [-0.25, -0.2) is 4.68 Å². The number of rotatable bonds is 7. The lowest BCUT2D eigenvalue weighted by Crippen LogP contribution is -2.41. The van der Waals surface area contributed by atoms with Crippen molar-refractivity contribution in [1.82, 2.24) is 20.3 Å². The van der Waals surface area contributed by atoms with Crippen LogP contribution >= 0.6 is 15.9 Å². The van der Waals surface area contributed by atoms with E-state index in [1.54, 1.807) is 0 Å². The van der Waals surface area contributed by atoms with Crippen LogP contribution in [0, 0.1) is 5.92 Å². The van der Waals surface area contributed by atoms with Gasteiger partial charge in [0.05, 0.1) is 17.8 Å². The maximum Gasteiger partial charge on any atom is 0.153 e. The molecule has 0 bridgehead atoms. The summed E-state index contributed by atoms with van der Waals surface area (Å²) in [6, 6.07) is 0.132.